The Hall–Kier alpha value is -2.04. The van der Waals surface area contributed by atoms with E-state index in [4.69, 9.17) is 10.5 Å². The molecule has 0 aromatic heterocycles. The topological polar surface area (TPSA) is 78.6 Å². The Balaban J connectivity index is 1.84. The lowest BCUT2D eigenvalue weighted by Crippen LogP contribution is -2.19. The molecule has 0 saturated heterocycles. The molecule has 1 amide bonds. The molecule has 5 heteroatoms. The maximum Gasteiger partial charge on any atom is 0.337 e. The second kappa shape index (κ2) is 4.81. The maximum atomic E-state index is 11.5. The van der Waals surface area contributed by atoms with Crippen molar-refractivity contribution >= 4 is 11.9 Å². The van der Waals surface area contributed by atoms with E-state index in [0.717, 1.165) is 24.7 Å². The molecule has 2 saturated carbocycles. The Morgan fingerprint density at radius 2 is 1.90 bits per heavy atom. The van der Waals surface area contributed by atoms with Crippen LogP contribution in [-0.2, 0) is 4.74 Å². The van der Waals surface area contributed by atoms with Crippen LogP contribution in [0.25, 0.3) is 0 Å². The molecule has 2 unspecified atom stereocenters. The van der Waals surface area contributed by atoms with Crippen LogP contribution < -0.4 is 10.5 Å². The number of carbonyl (C=O) groups excluding carboxylic acids is 2. The molecule has 0 heterocycles. The summed E-state index contributed by atoms with van der Waals surface area (Å²) in [6.45, 7) is 0. The molecule has 2 atom stereocenters. The number of rotatable bonds is 4. The van der Waals surface area contributed by atoms with Gasteiger partial charge >= 0.3 is 5.97 Å². The molecule has 0 spiro atoms. The highest BCUT2D eigenvalue weighted by Gasteiger charge is 2.47. The quantitative estimate of drug-likeness (QED) is 0.849. The highest BCUT2D eigenvalue weighted by Crippen LogP contribution is 2.52. The monoisotopic (exact) mass is 275 g/mol. The second-order valence-corrected chi connectivity index (χ2v) is 5.53. The van der Waals surface area contributed by atoms with Gasteiger partial charge in [-0.05, 0) is 49.3 Å². The predicted octanol–water partition coefficient (Wildman–Crippen LogP) is 1.75. The Kier molecular flexibility index (Phi) is 3.12. The Labute approximate surface area is 117 Å². The lowest BCUT2D eigenvalue weighted by atomic mass is 10.1. The van der Waals surface area contributed by atoms with Crippen LogP contribution in [0.4, 0.5) is 0 Å². The van der Waals surface area contributed by atoms with Crippen molar-refractivity contribution in [2.45, 2.75) is 25.4 Å². The summed E-state index contributed by atoms with van der Waals surface area (Å²) in [4.78, 5) is 23.0. The van der Waals surface area contributed by atoms with Crippen molar-refractivity contribution in [1.82, 2.24) is 0 Å². The molecule has 20 heavy (non-hydrogen) atoms. The van der Waals surface area contributed by atoms with Crippen molar-refractivity contribution in [3.8, 4) is 5.75 Å². The van der Waals surface area contributed by atoms with Crippen LogP contribution in [0.5, 0.6) is 5.75 Å². The van der Waals surface area contributed by atoms with E-state index in [1.54, 1.807) is 0 Å². The minimum atomic E-state index is -0.556. The number of ether oxygens (including phenoxy) is 2. The molecular formula is C15H17NO4. The highest BCUT2D eigenvalue weighted by molar-refractivity contribution is 5.98. The molecule has 1 aromatic carbocycles. The van der Waals surface area contributed by atoms with Crippen LogP contribution >= 0.6 is 0 Å². The van der Waals surface area contributed by atoms with Crippen molar-refractivity contribution < 1.29 is 19.1 Å². The SMILES string of the molecule is COC(=O)c1ccc(C(N)=O)c(OC2CC3CC3C2)c1. The van der Waals surface area contributed by atoms with Gasteiger partial charge in [0, 0.05) is 0 Å². The summed E-state index contributed by atoms with van der Waals surface area (Å²) in [5.74, 6) is 0.924. The van der Waals surface area contributed by atoms with Gasteiger partial charge in [-0.25, -0.2) is 4.79 Å². The molecule has 0 bridgehead atoms. The van der Waals surface area contributed by atoms with Gasteiger partial charge in [-0.15, -0.1) is 0 Å². The zero-order valence-electron chi connectivity index (χ0n) is 11.3. The van der Waals surface area contributed by atoms with Crippen LogP contribution in [-0.4, -0.2) is 25.1 Å². The summed E-state index contributed by atoms with van der Waals surface area (Å²) in [6, 6.07) is 4.57. The molecule has 0 aliphatic heterocycles. The number of hydrogen-bond donors (Lipinski definition) is 1. The molecule has 5 nitrogen and oxygen atoms in total. The third-order valence-electron chi connectivity index (χ3n) is 4.16. The number of fused-ring (bicyclic) bond motifs is 1. The summed E-state index contributed by atoms with van der Waals surface area (Å²) in [7, 11) is 1.31. The van der Waals surface area contributed by atoms with Crippen molar-refractivity contribution in [3.05, 3.63) is 29.3 Å². The lowest BCUT2D eigenvalue weighted by molar-refractivity contribution is 0.0599. The minimum absolute atomic E-state index is 0.116. The summed E-state index contributed by atoms with van der Waals surface area (Å²) in [5, 5.41) is 0. The molecule has 0 radical (unpaired) electrons. The van der Waals surface area contributed by atoms with Gasteiger partial charge in [0.25, 0.3) is 5.91 Å². The van der Waals surface area contributed by atoms with E-state index in [0.29, 0.717) is 16.9 Å². The average molecular weight is 275 g/mol. The molecule has 2 aliphatic rings. The van der Waals surface area contributed by atoms with Gasteiger partial charge in [-0.3, -0.25) is 4.79 Å². The number of methoxy groups -OCH3 is 1. The van der Waals surface area contributed by atoms with E-state index < -0.39 is 11.9 Å². The molecule has 2 fully saturated rings. The molecule has 106 valence electrons. The molecule has 2 aliphatic carbocycles. The maximum absolute atomic E-state index is 11.5. The summed E-state index contributed by atoms with van der Waals surface area (Å²) in [6.07, 6.45) is 3.45. The van der Waals surface area contributed by atoms with E-state index in [1.165, 1.54) is 31.7 Å². The largest absolute Gasteiger partial charge is 0.490 e. The van der Waals surface area contributed by atoms with Gasteiger partial charge in [0.2, 0.25) is 0 Å². The third-order valence-corrected chi connectivity index (χ3v) is 4.16. The van der Waals surface area contributed by atoms with Crippen molar-refractivity contribution in [2.75, 3.05) is 7.11 Å². The number of amides is 1. The standard InChI is InChI=1S/C15H17NO4/c1-19-15(18)8-2-3-12(14(16)17)13(7-8)20-11-5-9-4-10(9)6-11/h2-3,7,9-11H,4-6H2,1H3,(H2,16,17). The van der Waals surface area contributed by atoms with Crippen molar-refractivity contribution in [3.63, 3.8) is 0 Å². The van der Waals surface area contributed by atoms with Gasteiger partial charge in [0.05, 0.1) is 24.3 Å². The van der Waals surface area contributed by atoms with Crippen LogP contribution in [0.3, 0.4) is 0 Å². The first-order valence-corrected chi connectivity index (χ1v) is 6.77. The van der Waals surface area contributed by atoms with Crippen LogP contribution in [0.2, 0.25) is 0 Å². The van der Waals surface area contributed by atoms with Gasteiger partial charge < -0.3 is 15.2 Å². The molecule has 3 rings (SSSR count). The summed E-state index contributed by atoms with van der Waals surface area (Å²) >= 11 is 0. The van der Waals surface area contributed by atoms with Crippen LogP contribution in [0.1, 0.15) is 40.0 Å². The average Bonchev–Trinajstić information content (AvgIpc) is 3.04. The fourth-order valence-electron chi connectivity index (χ4n) is 3.00. The number of primary amides is 1. The normalized spacial score (nSPS) is 26.8. The van der Waals surface area contributed by atoms with E-state index in [-0.39, 0.29) is 6.10 Å². The fourth-order valence-corrected chi connectivity index (χ4v) is 3.00. The lowest BCUT2D eigenvalue weighted by Gasteiger charge is -2.17. The first kappa shape index (κ1) is 13.0. The second-order valence-electron chi connectivity index (χ2n) is 5.53. The number of carbonyl (C=O) groups is 2. The zero-order valence-corrected chi connectivity index (χ0v) is 11.3. The molecule has 2 N–H and O–H groups in total. The highest BCUT2D eigenvalue weighted by atomic mass is 16.5. The van der Waals surface area contributed by atoms with Crippen LogP contribution in [0, 0.1) is 11.8 Å². The zero-order chi connectivity index (χ0) is 14.3. The first-order valence-electron chi connectivity index (χ1n) is 6.77. The predicted molar refractivity (Wildman–Crippen MR) is 71.5 cm³/mol. The molecular weight excluding hydrogens is 258 g/mol. The van der Waals surface area contributed by atoms with E-state index in [9.17, 15) is 9.59 Å². The van der Waals surface area contributed by atoms with E-state index in [2.05, 4.69) is 4.74 Å². The summed E-state index contributed by atoms with van der Waals surface area (Å²) in [5.41, 5.74) is 6.01. The van der Waals surface area contributed by atoms with Crippen molar-refractivity contribution in [1.29, 1.82) is 0 Å². The van der Waals surface area contributed by atoms with E-state index in [1.807, 2.05) is 0 Å². The number of benzene rings is 1. The third kappa shape index (κ3) is 2.35. The summed E-state index contributed by atoms with van der Waals surface area (Å²) < 4.78 is 10.6. The van der Waals surface area contributed by atoms with Gasteiger partial charge in [-0.2, -0.15) is 0 Å². The Morgan fingerprint density at radius 1 is 1.20 bits per heavy atom. The van der Waals surface area contributed by atoms with Gasteiger partial charge in [0.1, 0.15) is 5.75 Å². The van der Waals surface area contributed by atoms with E-state index >= 15 is 0 Å². The Bertz CT molecular complexity index is 559. The molecule has 1 aromatic rings. The van der Waals surface area contributed by atoms with Gasteiger partial charge in [0.15, 0.2) is 0 Å². The van der Waals surface area contributed by atoms with Gasteiger partial charge in [-0.1, -0.05) is 0 Å². The number of nitrogens with two attached hydrogens (primary N) is 1. The van der Waals surface area contributed by atoms with Crippen LogP contribution in [0.15, 0.2) is 18.2 Å². The fraction of sp³-hybridized carbons (Fsp3) is 0.467. The smallest absolute Gasteiger partial charge is 0.337 e. The number of esters is 1. The van der Waals surface area contributed by atoms with Crippen molar-refractivity contribution in [2.24, 2.45) is 17.6 Å². The minimum Gasteiger partial charge on any atom is -0.490 e. The number of hydrogen-bond acceptors (Lipinski definition) is 4. The Morgan fingerprint density at radius 3 is 2.50 bits per heavy atom. The first-order chi connectivity index (χ1) is 9.58.